The predicted octanol–water partition coefficient (Wildman–Crippen LogP) is 2.03. The number of fused-ring (bicyclic) bond motifs is 1. The molecule has 1 aromatic carbocycles. The molecule has 2 N–H and O–H groups in total. The molecular formula is C20H24N6O2. The second-order valence-electron chi connectivity index (χ2n) is 6.81. The number of morpholine rings is 1. The summed E-state index contributed by atoms with van der Waals surface area (Å²) in [6.45, 7) is 7.42. The molecule has 0 bridgehead atoms. The monoisotopic (exact) mass is 380 g/mol. The summed E-state index contributed by atoms with van der Waals surface area (Å²) in [5, 5.41) is 10.6. The van der Waals surface area contributed by atoms with E-state index in [4.69, 9.17) is 4.74 Å². The first-order valence-corrected chi connectivity index (χ1v) is 9.46. The molecule has 28 heavy (non-hydrogen) atoms. The normalized spacial score (nSPS) is 14.9. The minimum atomic E-state index is -0.225. The number of carbonyl (C=O) groups excluding carboxylic acids is 1. The van der Waals surface area contributed by atoms with Crippen molar-refractivity contribution < 1.29 is 9.53 Å². The van der Waals surface area contributed by atoms with E-state index < -0.39 is 0 Å². The highest BCUT2D eigenvalue weighted by Crippen LogP contribution is 2.17. The van der Waals surface area contributed by atoms with Crippen LogP contribution in [0.5, 0.6) is 0 Å². The number of ether oxygens (including phenoxy) is 1. The van der Waals surface area contributed by atoms with Crippen molar-refractivity contribution in [3.8, 4) is 0 Å². The third-order valence-electron chi connectivity index (χ3n) is 4.79. The van der Waals surface area contributed by atoms with Gasteiger partial charge >= 0.3 is 0 Å². The minimum Gasteiger partial charge on any atom is -0.382 e. The van der Waals surface area contributed by atoms with Crippen molar-refractivity contribution in [2.75, 3.05) is 50.0 Å². The molecule has 1 amide bonds. The van der Waals surface area contributed by atoms with Crippen LogP contribution in [-0.4, -0.2) is 64.8 Å². The Balaban J connectivity index is 1.42. The fourth-order valence-corrected chi connectivity index (χ4v) is 3.20. The van der Waals surface area contributed by atoms with E-state index >= 15 is 0 Å². The van der Waals surface area contributed by atoms with Gasteiger partial charge in [-0.15, -0.1) is 5.10 Å². The third kappa shape index (κ3) is 4.29. The van der Waals surface area contributed by atoms with Gasteiger partial charge in [-0.2, -0.15) is 4.98 Å². The van der Waals surface area contributed by atoms with Crippen LogP contribution < -0.4 is 10.6 Å². The molecule has 0 spiro atoms. The van der Waals surface area contributed by atoms with E-state index in [-0.39, 0.29) is 5.91 Å². The number of nitrogens with zero attached hydrogens (tertiary/aromatic N) is 4. The van der Waals surface area contributed by atoms with Gasteiger partial charge in [0.15, 0.2) is 5.65 Å². The van der Waals surface area contributed by atoms with Crippen molar-refractivity contribution in [3.63, 3.8) is 0 Å². The van der Waals surface area contributed by atoms with Gasteiger partial charge in [0.25, 0.3) is 5.91 Å². The summed E-state index contributed by atoms with van der Waals surface area (Å²) in [6, 6.07) is 11.0. The molecule has 1 aliphatic rings. The number of amides is 1. The predicted molar refractivity (Wildman–Crippen MR) is 108 cm³/mol. The highest BCUT2D eigenvalue weighted by atomic mass is 16.5. The van der Waals surface area contributed by atoms with E-state index in [0.29, 0.717) is 17.2 Å². The van der Waals surface area contributed by atoms with Crippen LogP contribution in [0.1, 0.15) is 15.9 Å². The second kappa shape index (κ2) is 8.37. The molecular weight excluding hydrogens is 356 g/mol. The quantitative estimate of drug-likeness (QED) is 0.681. The lowest BCUT2D eigenvalue weighted by atomic mass is 10.2. The van der Waals surface area contributed by atoms with Gasteiger partial charge in [0.05, 0.1) is 25.1 Å². The maximum atomic E-state index is 12.3. The van der Waals surface area contributed by atoms with Crippen molar-refractivity contribution in [3.05, 3.63) is 53.7 Å². The minimum absolute atomic E-state index is 0.225. The molecule has 0 radical (unpaired) electrons. The Hall–Kier alpha value is -2.97. The van der Waals surface area contributed by atoms with Gasteiger partial charge in [-0.05, 0) is 30.7 Å². The number of rotatable bonds is 6. The van der Waals surface area contributed by atoms with Crippen molar-refractivity contribution in [2.45, 2.75) is 6.92 Å². The number of benzene rings is 1. The fourth-order valence-electron chi connectivity index (χ4n) is 3.20. The summed E-state index contributed by atoms with van der Waals surface area (Å²) in [7, 11) is 0. The summed E-state index contributed by atoms with van der Waals surface area (Å²) in [6.07, 6.45) is 1.91. The molecule has 4 rings (SSSR count). The average Bonchev–Trinajstić information content (AvgIpc) is 3.10. The molecule has 1 saturated heterocycles. The van der Waals surface area contributed by atoms with Crippen LogP contribution in [0, 0.1) is 6.92 Å². The van der Waals surface area contributed by atoms with Gasteiger partial charge in [0, 0.05) is 31.7 Å². The average molecular weight is 380 g/mol. The maximum absolute atomic E-state index is 12.3. The standard InChI is InChI=1S/C20H24N6O2/c1-15-13-18-22-20(23-19(27)16-5-3-2-4-6-16)24-26(18)14-17(15)21-7-8-25-9-11-28-12-10-25/h2-6,13-14,21H,7-12H2,1H3,(H,23,24,27). The van der Waals surface area contributed by atoms with Crippen molar-refractivity contribution in [1.29, 1.82) is 0 Å². The summed E-state index contributed by atoms with van der Waals surface area (Å²) < 4.78 is 7.06. The van der Waals surface area contributed by atoms with Crippen LogP contribution >= 0.6 is 0 Å². The van der Waals surface area contributed by atoms with Crippen LogP contribution in [0.4, 0.5) is 11.6 Å². The lowest BCUT2D eigenvalue weighted by Crippen LogP contribution is -2.39. The number of hydrogen-bond donors (Lipinski definition) is 2. The molecule has 1 aliphatic heterocycles. The first-order chi connectivity index (χ1) is 13.7. The van der Waals surface area contributed by atoms with E-state index in [0.717, 1.165) is 50.6 Å². The van der Waals surface area contributed by atoms with Crippen LogP contribution in [-0.2, 0) is 4.74 Å². The van der Waals surface area contributed by atoms with Crippen molar-refractivity contribution >= 4 is 23.2 Å². The van der Waals surface area contributed by atoms with Crippen LogP contribution in [0.2, 0.25) is 0 Å². The smallest absolute Gasteiger partial charge is 0.258 e. The zero-order valence-electron chi connectivity index (χ0n) is 15.9. The first kappa shape index (κ1) is 18.4. The number of aromatic nitrogens is 3. The molecule has 146 valence electrons. The number of hydrogen-bond acceptors (Lipinski definition) is 6. The Morgan fingerprint density at radius 2 is 2.00 bits per heavy atom. The number of carbonyl (C=O) groups is 1. The van der Waals surface area contributed by atoms with E-state index in [2.05, 4.69) is 25.6 Å². The lowest BCUT2D eigenvalue weighted by Gasteiger charge is -2.26. The van der Waals surface area contributed by atoms with Crippen LogP contribution in [0.15, 0.2) is 42.6 Å². The van der Waals surface area contributed by atoms with E-state index in [9.17, 15) is 4.79 Å². The number of pyridine rings is 1. The van der Waals surface area contributed by atoms with Gasteiger partial charge in [-0.3, -0.25) is 15.0 Å². The van der Waals surface area contributed by atoms with E-state index in [1.165, 1.54) is 0 Å². The fraction of sp³-hybridized carbons (Fsp3) is 0.350. The van der Waals surface area contributed by atoms with Crippen molar-refractivity contribution in [2.24, 2.45) is 0 Å². The summed E-state index contributed by atoms with van der Waals surface area (Å²) >= 11 is 0. The largest absolute Gasteiger partial charge is 0.382 e. The van der Waals surface area contributed by atoms with Crippen LogP contribution in [0.25, 0.3) is 5.65 Å². The number of nitrogens with one attached hydrogen (secondary N) is 2. The highest BCUT2D eigenvalue weighted by molar-refractivity contribution is 6.03. The Bertz CT molecular complexity index is 950. The Morgan fingerprint density at radius 3 is 2.79 bits per heavy atom. The Labute approximate surface area is 163 Å². The molecule has 0 atom stereocenters. The first-order valence-electron chi connectivity index (χ1n) is 9.46. The number of anilines is 2. The zero-order chi connectivity index (χ0) is 19.3. The molecule has 0 aliphatic carbocycles. The van der Waals surface area contributed by atoms with Gasteiger partial charge < -0.3 is 10.1 Å². The van der Waals surface area contributed by atoms with Gasteiger partial charge in [0.1, 0.15) is 0 Å². The van der Waals surface area contributed by atoms with E-state index in [1.54, 1.807) is 16.6 Å². The molecule has 0 saturated carbocycles. The van der Waals surface area contributed by atoms with Gasteiger partial charge in [-0.25, -0.2) is 4.52 Å². The third-order valence-corrected chi connectivity index (χ3v) is 4.79. The molecule has 0 unspecified atom stereocenters. The summed E-state index contributed by atoms with van der Waals surface area (Å²) in [5.41, 5.74) is 3.36. The van der Waals surface area contributed by atoms with Crippen molar-refractivity contribution in [1.82, 2.24) is 19.5 Å². The SMILES string of the molecule is Cc1cc2nc(NC(=O)c3ccccc3)nn2cc1NCCN1CCOCC1. The topological polar surface area (TPSA) is 83.8 Å². The molecule has 1 fully saturated rings. The highest BCUT2D eigenvalue weighted by Gasteiger charge is 2.12. The molecule has 8 heteroatoms. The molecule has 3 heterocycles. The summed E-state index contributed by atoms with van der Waals surface area (Å²) in [4.78, 5) is 19.1. The lowest BCUT2D eigenvalue weighted by molar-refractivity contribution is 0.0398. The Morgan fingerprint density at radius 1 is 1.21 bits per heavy atom. The van der Waals surface area contributed by atoms with Gasteiger partial charge in [-0.1, -0.05) is 18.2 Å². The van der Waals surface area contributed by atoms with E-state index in [1.807, 2.05) is 37.4 Å². The summed E-state index contributed by atoms with van der Waals surface area (Å²) in [5.74, 6) is 0.0656. The van der Waals surface area contributed by atoms with Gasteiger partial charge in [0.2, 0.25) is 5.95 Å². The Kier molecular flexibility index (Phi) is 5.50. The molecule has 3 aromatic rings. The maximum Gasteiger partial charge on any atom is 0.258 e. The number of aryl methyl sites for hydroxylation is 1. The zero-order valence-corrected chi connectivity index (χ0v) is 15.9. The molecule has 2 aromatic heterocycles. The second-order valence-corrected chi connectivity index (χ2v) is 6.81. The van der Waals surface area contributed by atoms with Crippen LogP contribution in [0.3, 0.4) is 0 Å². The molecule has 8 nitrogen and oxygen atoms in total.